The van der Waals surface area contributed by atoms with E-state index in [1.807, 2.05) is 12.1 Å². The standard InChI is InChI=1S/C23H26N4O6S2.C19H24N3O/c1-27(16-7-3-2-4-8-16)34(29,30)21-10-6-5-9-19(21)25-26-23-18(24)12-11-15-13-17(35(31,32)33)14-20(28)22(15)23;1-5-21(4)14-8-10-16-18(12-14)23-19-13-15(22(6-2)7-3)9-11-17(19)20-16/h5-6,9-14,16,28H,2-4,7-8,24H2,1H3,(H,31,32,33);8-13H,5-7H2,1-4H3/q;+1. The molecule has 14 nitrogen and oxygen atoms in total. The molecule has 1 aliphatic heterocycles. The van der Waals surface area contributed by atoms with E-state index >= 15 is 0 Å². The van der Waals surface area contributed by atoms with E-state index in [4.69, 9.17) is 15.1 Å². The van der Waals surface area contributed by atoms with Crippen molar-refractivity contribution in [3.63, 3.8) is 0 Å². The molecule has 0 saturated heterocycles. The molecule has 1 fully saturated rings. The number of azo groups is 1. The van der Waals surface area contributed by atoms with Crippen molar-refractivity contribution in [2.45, 2.75) is 68.7 Å². The van der Waals surface area contributed by atoms with E-state index in [1.165, 1.54) is 40.3 Å². The van der Waals surface area contributed by atoms with Gasteiger partial charge >= 0.3 is 0 Å². The quantitative estimate of drug-likeness (QED) is 0.0401. The van der Waals surface area contributed by atoms with Gasteiger partial charge in [-0.05, 0) is 81.5 Å². The molecule has 3 aliphatic rings. The number of hydrogen-bond acceptors (Lipinski definition) is 11. The normalized spacial score (nSPS) is 14.6. The molecule has 0 bridgehead atoms. The third kappa shape index (κ3) is 8.99. The van der Waals surface area contributed by atoms with E-state index in [0.717, 1.165) is 85.7 Å². The second-order valence-electron chi connectivity index (χ2n) is 14.2. The van der Waals surface area contributed by atoms with Crippen LogP contribution in [0.25, 0.3) is 33.3 Å². The molecular formula is C42H50N7O7S2+. The molecule has 16 heteroatoms. The van der Waals surface area contributed by atoms with Crippen LogP contribution in [0.5, 0.6) is 5.75 Å². The maximum atomic E-state index is 13.4. The molecule has 0 unspecified atom stereocenters. The largest absolute Gasteiger partial charge is 0.507 e. The Morgan fingerprint density at radius 2 is 1.62 bits per heavy atom. The number of nitrogens with two attached hydrogens (primary N) is 1. The molecular weight excluding hydrogens is 779 g/mol. The molecule has 7 rings (SSSR count). The Morgan fingerprint density at radius 3 is 2.31 bits per heavy atom. The highest BCUT2D eigenvalue weighted by molar-refractivity contribution is 7.89. The zero-order valence-electron chi connectivity index (χ0n) is 33.3. The summed E-state index contributed by atoms with van der Waals surface area (Å²) in [5, 5.41) is 20.3. The second kappa shape index (κ2) is 17.6. The van der Waals surface area contributed by atoms with Crippen molar-refractivity contribution in [1.82, 2.24) is 13.9 Å². The maximum Gasteiger partial charge on any atom is 0.294 e. The fraction of sp³-hybridized carbons (Fsp3) is 0.333. The number of nitrogens with zero attached hydrogens (tertiary/aromatic N) is 6. The first-order valence-corrected chi connectivity index (χ1v) is 22.2. The van der Waals surface area contributed by atoms with Gasteiger partial charge in [0.1, 0.15) is 46.8 Å². The summed E-state index contributed by atoms with van der Waals surface area (Å²) in [5.41, 5.74) is 10.1. The second-order valence-corrected chi connectivity index (χ2v) is 17.6. The van der Waals surface area contributed by atoms with Gasteiger partial charge in [-0.3, -0.25) is 4.55 Å². The maximum absolute atomic E-state index is 13.4. The lowest BCUT2D eigenvalue weighted by Crippen LogP contribution is -2.38. The van der Waals surface area contributed by atoms with E-state index in [1.54, 1.807) is 19.2 Å². The van der Waals surface area contributed by atoms with Crippen molar-refractivity contribution in [3.8, 4) is 17.2 Å². The lowest BCUT2D eigenvalue weighted by atomic mass is 9.96. The Bertz CT molecular complexity index is 2740. The molecule has 0 aromatic heterocycles. The molecule has 1 heterocycles. The van der Waals surface area contributed by atoms with Crippen LogP contribution in [-0.4, -0.2) is 75.6 Å². The average molecular weight is 829 g/mol. The number of hydrogen-bond donors (Lipinski definition) is 3. The van der Waals surface area contributed by atoms with Gasteiger partial charge in [-0.15, -0.1) is 10.2 Å². The number of phenols is 1. The molecule has 2 aliphatic carbocycles. The third-order valence-electron chi connectivity index (χ3n) is 10.6. The van der Waals surface area contributed by atoms with E-state index in [9.17, 15) is 26.5 Å². The Hall–Kier alpha value is -5.42. The lowest BCUT2D eigenvalue weighted by molar-refractivity contribution is 0.286. The highest BCUT2D eigenvalue weighted by atomic mass is 32.2. The van der Waals surface area contributed by atoms with Crippen molar-refractivity contribution in [3.05, 3.63) is 90.3 Å². The summed E-state index contributed by atoms with van der Waals surface area (Å²) in [5.74, 6) is 0.348. The van der Waals surface area contributed by atoms with Gasteiger partial charge < -0.3 is 20.2 Å². The summed E-state index contributed by atoms with van der Waals surface area (Å²) in [6, 6.07) is 23.5. The molecule has 0 spiro atoms. The van der Waals surface area contributed by atoms with Crippen molar-refractivity contribution in [1.29, 1.82) is 0 Å². The molecule has 1 saturated carbocycles. The number of nitrogen functional groups attached to an aromatic ring is 1. The Kier molecular flexibility index (Phi) is 12.8. The Labute approximate surface area is 339 Å². The van der Waals surface area contributed by atoms with Crippen LogP contribution >= 0.6 is 0 Å². The van der Waals surface area contributed by atoms with Gasteiger partial charge in [-0.25, -0.2) is 18.0 Å². The molecule has 306 valence electrons. The topological polar surface area (TPSA) is 195 Å². The fourth-order valence-corrected chi connectivity index (χ4v) is 9.21. The van der Waals surface area contributed by atoms with Crippen LogP contribution in [0.4, 0.5) is 22.7 Å². The first kappa shape index (κ1) is 42.2. The number of benzene rings is 5. The van der Waals surface area contributed by atoms with Gasteiger partial charge in [0.15, 0.2) is 11.3 Å². The van der Waals surface area contributed by atoms with E-state index in [-0.39, 0.29) is 38.8 Å². The monoisotopic (exact) mass is 828 g/mol. The summed E-state index contributed by atoms with van der Waals surface area (Å²) >= 11 is 0. The minimum Gasteiger partial charge on any atom is -0.507 e. The number of anilines is 2. The van der Waals surface area contributed by atoms with Crippen molar-refractivity contribution >= 4 is 64.8 Å². The lowest BCUT2D eigenvalue weighted by Gasteiger charge is -2.30. The minimum atomic E-state index is -4.55. The SMILES string of the molecule is CCN(CC)c1ccc2nc3ccc(=[N+](C)CC)cc-3oc2c1.CN(C1CCCCC1)S(=O)(=O)c1ccccc1N=Nc1c(N)ccc2cc(S(=O)(=O)O)cc(O)c12. The molecule has 4 aromatic rings. The van der Waals surface area contributed by atoms with Crippen LogP contribution in [0.1, 0.15) is 52.9 Å². The van der Waals surface area contributed by atoms with Crippen LogP contribution < -0.4 is 20.6 Å². The first-order valence-electron chi connectivity index (χ1n) is 19.3. The number of fused-ring (bicyclic) bond motifs is 3. The van der Waals surface area contributed by atoms with Crippen LogP contribution in [0, 0.1) is 0 Å². The average Bonchev–Trinajstić information content (AvgIpc) is 3.22. The highest BCUT2D eigenvalue weighted by Gasteiger charge is 2.31. The molecule has 0 atom stereocenters. The molecule has 58 heavy (non-hydrogen) atoms. The van der Waals surface area contributed by atoms with Crippen LogP contribution in [0.3, 0.4) is 0 Å². The van der Waals surface area contributed by atoms with E-state index < -0.39 is 30.8 Å². The summed E-state index contributed by atoms with van der Waals surface area (Å²) in [4.78, 5) is 6.54. The predicted molar refractivity (Wildman–Crippen MR) is 228 cm³/mol. The van der Waals surface area contributed by atoms with Crippen molar-refractivity contribution < 1.29 is 30.9 Å². The van der Waals surface area contributed by atoms with Gasteiger partial charge in [0.05, 0.1) is 22.0 Å². The van der Waals surface area contributed by atoms with Gasteiger partial charge in [0, 0.05) is 50.1 Å². The van der Waals surface area contributed by atoms with Gasteiger partial charge in [0.2, 0.25) is 15.4 Å². The molecule has 4 aromatic carbocycles. The Morgan fingerprint density at radius 1 is 0.897 bits per heavy atom. The first-order chi connectivity index (χ1) is 27.7. The van der Waals surface area contributed by atoms with Gasteiger partial charge in [0.25, 0.3) is 10.1 Å². The molecule has 0 amide bonds. The minimum absolute atomic E-state index is 0.00601. The zero-order chi connectivity index (χ0) is 41.8. The van der Waals surface area contributed by atoms with Crippen molar-refractivity contribution in [2.24, 2.45) is 10.2 Å². The molecule has 0 radical (unpaired) electrons. The van der Waals surface area contributed by atoms with Crippen LogP contribution in [-0.2, 0) is 20.1 Å². The number of aromatic nitrogens is 1. The van der Waals surface area contributed by atoms with E-state index in [0.29, 0.717) is 0 Å². The third-order valence-corrected chi connectivity index (χ3v) is 13.4. The van der Waals surface area contributed by atoms with Crippen molar-refractivity contribution in [2.75, 3.05) is 44.4 Å². The summed E-state index contributed by atoms with van der Waals surface area (Å²) in [6.45, 7) is 9.38. The van der Waals surface area contributed by atoms with E-state index in [2.05, 4.69) is 71.8 Å². The highest BCUT2D eigenvalue weighted by Crippen LogP contribution is 2.41. The summed E-state index contributed by atoms with van der Waals surface area (Å²) in [6.07, 6.45) is 4.66. The summed E-state index contributed by atoms with van der Waals surface area (Å²) < 4.78 is 68.9. The van der Waals surface area contributed by atoms with Gasteiger partial charge in [-0.2, -0.15) is 12.7 Å². The van der Waals surface area contributed by atoms with Crippen LogP contribution in [0.2, 0.25) is 0 Å². The smallest absolute Gasteiger partial charge is 0.294 e. The number of sulfonamides is 1. The fourth-order valence-electron chi connectivity index (χ4n) is 7.14. The number of phenolic OH excluding ortho intramolecular Hbond substituents is 1. The number of rotatable bonds is 10. The van der Waals surface area contributed by atoms with Gasteiger partial charge in [-0.1, -0.05) is 37.5 Å². The number of aromatic hydroxyl groups is 1. The summed E-state index contributed by atoms with van der Waals surface area (Å²) in [7, 11) is -4.75. The zero-order valence-corrected chi connectivity index (χ0v) is 35.0. The van der Waals surface area contributed by atoms with Crippen LogP contribution in [0.15, 0.2) is 109 Å². The Balaban J connectivity index is 0.000000213. The predicted octanol–water partition coefficient (Wildman–Crippen LogP) is 7.94. The molecule has 4 N–H and O–H groups in total.